The maximum absolute atomic E-state index is 12.8. The van der Waals surface area contributed by atoms with Crippen LogP contribution in [0.3, 0.4) is 0 Å². The summed E-state index contributed by atoms with van der Waals surface area (Å²) in [6.45, 7) is 7.36. The number of nitrogens with one attached hydrogen (secondary N) is 1. The Morgan fingerprint density at radius 3 is 2.45 bits per heavy atom. The van der Waals surface area contributed by atoms with E-state index in [4.69, 9.17) is 0 Å². The minimum Gasteiger partial charge on any atom is -0.354 e. The van der Waals surface area contributed by atoms with Crippen molar-refractivity contribution >= 4 is 11.7 Å². The third-order valence-electron chi connectivity index (χ3n) is 3.54. The standard InChI is InChI=1S/C16H22N2O2/c1-16(2,3)15(20)14(12-7-5-4-6-8-12)18-10-9-17-13(19)11-18/h4-8,14H,9-11H2,1-3H3,(H,17,19)/t14-/m1/s1. The highest BCUT2D eigenvalue weighted by atomic mass is 16.2. The van der Waals surface area contributed by atoms with Gasteiger partial charge in [0, 0.05) is 18.5 Å². The lowest BCUT2D eigenvalue weighted by molar-refractivity contribution is -0.135. The molecule has 20 heavy (non-hydrogen) atoms. The van der Waals surface area contributed by atoms with Gasteiger partial charge in [0.1, 0.15) is 0 Å². The third-order valence-corrected chi connectivity index (χ3v) is 3.54. The fraction of sp³-hybridized carbons (Fsp3) is 0.500. The Kier molecular flexibility index (Phi) is 4.23. The van der Waals surface area contributed by atoms with E-state index in [0.717, 1.165) is 5.56 Å². The molecule has 1 aliphatic rings. The molecule has 4 heteroatoms. The molecule has 0 spiro atoms. The van der Waals surface area contributed by atoms with E-state index in [-0.39, 0.29) is 24.3 Å². The molecule has 0 aliphatic carbocycles. The summed E-state index contributed by atoms with van der Waals surface area (Å²) >= 11 is 0. The zero-order valence-corrected chi connectivity index (χ0v) is 12.3. The first-order valence-electron chi connectivity index (χ1n) is 6.99. The van der Waals surface area contributed by atoms with E-state index in [1.54, 1.807) is 0 Å². The number of carbonyl (C=O) groups is 2. The van der Waals surface area contributed by atoms with Crippen LogP contribution in [-0.4, -0.2) is 36.2 Å². The Morgan fingerprint density at radius 1 is 1.25 bits per heavy atom. The van der Waals surface area contributed by atoms with Gasteiger partial charge in [-0.05, 0) is 5.56 Å². The van der Waals surface area contributed by atoms with Crippen LogP contribution in [0.15, 0.2) is 30.3 Å². The second kappa shape index (κ2) is 5.75. The number of benzene rings is 1. The van der Waals surface area contributed by atoms with Gasteiger partial charge in [-0.25, -0.2) is 0 Å². The van der Waals surface area contributed by atoms with Gasteiger partial charge in [-0.2, -0.15) is 0 Å². The molecule has 1 heterocycles. The summed E-state index contributed by atoms with van der Waals surface area (Å²) in [7, 11) is 0. The molecule has 2 rings (SSSR count). The smallest absolute Gasteiger partial charge is 0.234 e. The molecule has 108 valence electrons. The highest BCUT2D eigenvalue weighted by Gasteiger charge is 2.36. The summed E-state index contributed by atoms with van der Waals surface area (Å²) in [4.78, 5) is 26.4. The Balaban J connectivity index is 2.34. The maximum Gasteiger partial charge on any atom is 0.234 e. The number of rotatable bonds is 3. The SMILES string of the molecule is CC(C)(C)C(=O)[C@@H](c1ccccc1)N1CCNC(=O)C1. The number of Topliss-reactive ketones (excluding diaryl/α,β-unsaturated/α-hetero) is 1. The normalized spacial score (nSPS) is 18.4. The van der Waals surface area contributed by atoms with Crippen LogP contribution in [0, 0.1) is 5.41 Å². The minimum atomic E-state index is -0.436. The lowest BCUT2D eigenvalue weighted by Crippen LogP contribution is -2.51. The summed E-state index contributed by atoms with van der Waals surface area (Å²) in [5.74, 6) is 0.136. The quantitative estimate of drug-likeness (QED) is 0.914. The fourth-order valence-electron chi connectivity index (χ4n) is 2.45. The van der Waals surface area contributed by atoms with Gasteiger partial charge < -0.3 is 5.32 Å². The van der Waals surface area contributed by atoms with Crippen molar-refractivity contribution in [1.29, 1.82) is 0 Å². The van der Waals surface area contributed by atoms with Gasteiger partial charge in [-0.1, -0.05) is 51.1 Å². The third kappa shape index (κ3) is 3.25. The minimum absolute atomic E-state index is 0.0149. The second-order valence-electron chi connectivity index (χ2n) is 6.25. The van der Waals surface area contributed by atoms with E-state index in [9.17, 15) is 9.59 Å². The molecule has 0 aromatic heterocycles. The molecular formula is C16H22N2O2. The van der Waals surface area contributed by atoms with Crippen molar-refractivity contribution < 1.29 is 9.59 Å². The number of amides is 1. The van der Waals surface area contributed by atoms with E-state index in [1.165, 1.54) is 0 Å². The van der Waals surface area contributed by atoms with Crippen molar-refractivity contribution in [3.05, 3.63) is 35.9 Å². The Bertz CT molecular complexity index is 491. The van der Waals surface area contributed by atoms with Crippen LogP contribution in [0.5, 0.6) is 0 Å². The van der Waals surface area contributed by atoms with Gasteiger partial charge >= 0.3 is 0 Å². The molecule has 4 nitrogen and oxygen atoms in total. The molecular weight excluding hydrogens is 252 g/mol. The highest BCUT2D eigenvalue weighted by Crippen LogP contribution is 2.30. The van der Waals surface area contributed by atoms with Crippen LogP contribution in [-0.2, 0) is 9.59 Å². The molecule has 1 fully saturated rings. The number of carbonyl (C=O) groups excluding carboxylic acids is 2. The average Bonchev–Trinajstić information content (AvgIpc) is 2.39. The molecule has 1 amide bonds. The molecule has 1 aromatic rings. The number of piperazine rings is 1. The topological polar surface area (TPSA) is 49.4 Å². The average molecular weight is 274 g/mol. The highest BCUT2D eigenvalue weighted by molar-refractivity contribution is 5.90. The van der Waals surface area contributed by atoms with Gasteiger partial charge in [0.2, 0.25) is 5.91 Å². The van der Waals surface area contributed by atoms with E-state index >= 15 is 0 Å². The summed E-state index contributed by atoms with van der Waals surface area (Å²) < 4.78 is 0. The summed E-state index contributed by atoms with van der Waals surface area (Å²) in [6.07, 6.45) is 0. The molecule has 0 bridgehead atoms. The Labute approximate surface area is 120 Å². The van der Waals surface area contributed by atoms with Crippen LogP contribution < -0.4 is 5.32 Å². The molecule has 1 aliphatic heterocycles. The number of hydrogen-bond acceptors (Lipinski definition) is 3. The molecule has 1 aromatic carbocycles. The summed E-state index contributed by atoms with van der Waals surface area (Å²) in [5, 5.41) is 2.80. The molecule has 1 atom stereocenters. The molecule has 1 N–H and O–H groups in total. The number of ketones is 1. The summed E-state index contributed by atoms with van der Waals surface area (Å²) in [6, 6.07) is 9.37. The maximum atomic E-state index is 12.8. The first kappa shape index (κ1) is 14.7. The van der Waals surface area contributed by atoms with Gasteiger partial charge in [-0.15, -0.1) is 0 Å². The second-order valence-corrected chi connectivity index (χ2v) is 6.25. The van der Waals surface area contributed by atoms with Crippen LogP contribution in [0.25, 0.3) is 0 Å². The predicted octanol–water partition coefficient (Wildman–Crippen LogP) is 1.77. The van der Waals surface area contributed by atoms with Crippen molar-refractivity contribution in [2.45, 2.75) is 26.8 Å². The van der Waals surface area contributed by atoms with Gasteiger partial charge in [0.05, 0.1) is 12.6 Å². The van der Waals surface area contributed by atoms with E-state index in [2.05, 4.69) is 5.32 Å². The number of hydrogen-bond donors (Lipinski definition) is 1. The van der Waals surface area contributed by atoms with Crippen LogP contribution in [0.1, 0.15) is 32.4 Å². The number of nitrogens with zero attached hydrogens (tertiary/aromatic N) is 1. The van der Waals surface area contributed by atoms with E-state index in [0.29, 0.717) is 13.1 Å². The first-order valence-corrected chi connectivity index (χ1v) is 6.99. The largest absolute Gasteiger partial charge is 0.354 e. The fourth-order valence-corrected chi connectivity index (χ4v) is 2.45. The first-order chi connectivity index (χ1) is 9.39. The van der Waals surface area contributed by atoms with Crippen molar-refractivity contribution in [2.24, 2.45) is 5.41 Å². The van der Waals surface area contributed by atoms with Crippen LogP contribution >= 0.6 is 0 Å². The van der Waals surface area contributed by atoms with Crippen molar-refractivity contribution in [3.8, 4) is 0 Å². The van der Waals surface area contributed by atoms with Gasteiger partial charge in [0.15, 0.2) is 5.78 Å². The van der Waals surface area contributed by atoms with Crippen molar-refractivity contribution in [2.75, 3.05) is 19.6 Å². The van der Waals surface area contributed by atoms with E-state index in [1.807, 2.05) is 56.0 Å². The summed E-state index contributed by atoms with van der Waals surface area (Å²) in [5.41, 5.74) is 0.524. The van der Waals surface area contributed by atoms with Gasteiger partial charge in [-0.3, -0.25) is 14.5 Å². The van der Waals surface area contributed by atoms with Gasteiger partial charge in [0.25, 0.3) is 0 Å². The monoisotopic (exact) mass is 274 g/mol. The molecule has 0 radical (unpaired) electrons. The molecule has 1 saturated heterocycles. The lowest BCUT2D eigenvalue weighted by Gasteiger charge is -2.36. The Morgan fingerprint density at radius 2 is 1.90 bits per heavy atom. The van der Waals surface area contributed by atoms with Crippen molar-refractivity contribution in [1.82, 2.24) is 10.2 Å². The Hall–Kier alpha value is -1.68. The lowest BCUT2D eigenvalue weighted by atomic mass is 9.83. The molecule has 0 unspecified atom stereocenters. The van der Waals surface area contributed by atoms with E-state index < -0.39 is 5.41 Å². The zero-order chi connectivity index (χ0) is 14.8. The van der Waals surface area contributed by atoms with Crippen LogP contribution in [0.4, 0.5) is 0 Å². The molecule has 0 saturated carbocycles. The van der Waals surface area contributed by atoms with Crippen molar-refractivity contribution in [3.63, 3.8) is 0 Å². The zero-order valence-electron chi connectivity index (χ0n) is 12.3. The predicted molar refractivity (Wildman–Crippen MR) is 78.2 cm³/mol. The van der Waals surface area contributed by atoms with Crippen LogP contribution in [0.2, 0.25) is 0 Å².